The first kappa shape index (κ1) is 21.7. The Morgan fingerprint density at radius 3 is 2.39 bits per heavy atom. The van der Waals surface area contributed by atoms with Gasteiger partial charge in [0.2, 0.25) is 5.91 Å². The highest BCUT2D eigenvalue weighted by Crippen LogP contribution is 2.29. The van der Waals surface area contributed by atoms with Crippen LogP contribution in [0.1, 0.15) is 25.0 Å². The van der Waals surface area contributed by atoms with E-state index < -0.39 is 17.3 Å². The minimum absolute atomic E-state index is 0. The summed E-state index contributed by atoms with van der Waals surface area (Å²) in [5.74, 6) is -0.212. The summed E-state index contributed by atoms with van der Waals surface area (Å²) in [4.78, 5) is 13.3. The lowest BCUT2D eigenvalue weighted by Crippen LogP contribution is -2.47. The summed E-state index contributed by atoms with van der Waals surface area (Å²) in [6.07, 6.45) is -4.38. The topological polar surface area (TPSA) is 58.4 Å². The number of carbonyl (C=O) groups excluding carboxylic acids is 1. The summed E-state index contributed by atoms with van der Waals surface area (Å²) < 4.78 is 38.2. The predicted molar refractivity (Wildman–Crippen MR) is 86.3 cm³/mol. The molecule has 132 valence electrons. The fraction of sp³-hybridized carbons (Fsp3) is 0.533. The lowest BCUT2D eigenvalue weighted by atomic mass is 10.1. The Morgan fingerprint density at radius 1 is 1.30 bits per heavy atom. The third-order valence-corrected chi connectivity index (χ3v) is 2.94. The van der Waals surface area contributed by atoms with Gasteiger partial charge < -0.3 is 11.1 Å². The van der Waals surface area contributed by atoms with Gasteiger partial charge in [0.25, 0.3) is 0 Å². The molecule has 0 fully saturated rings. The van der Waals surface area contributed by atoms with Crippen molar-refractivity contribution in [1.29, 1.82) is 0 Å². The molecule has 0 aliphatic carbocycles. The Kier molecular flexibility index (Phi) is 8.03. The van der Waals surface area contributed by atoms with Crippen molar-refractivity contribution in [2.45, 2.75) is 32.1 Å². The Bertz CT molecular complexity index is 515. The van der Waals surface area contributed by atoms with E-state index in [4.69, 9.17) is 5.73 Å². The van der Waals surface area contributed by atoms with Gasteiger partial charge in [-0.3, -0.25) is 9.69 Å². The Hall–Kier alpha value is -1.31. The number of amides is 1. The molecule has 0 aliphatic heterocycles. The molecule has 0 saturated heterocycles. The van der Waals surface area contributed by atoms with Crippen LogP contribution in [0.3, 0.4) is 0 Å². The van der Waals surface area contributed by atoms with Crippen LogP contribution >= 0.6 is 12.4 Å². The number of nitrogens with zero attached hydrogens (tertiary/aromatic N) is 1. The van der Waals surface area contributed by atoms with E-state index >= 15 is 0 Å². The fourth-order valence-corrected chi connectivity index (χ4v) is 2.13. The van der Waals surface area contributed by atoms with Crippen molar-refractivity contribution in [3.63, 3.8) is 0 Å². The average molecular weight is 354 g/mol. The second-order valence-electron chi connectivity index (χ2n) is 6.01. The van der Waals surface area contributed by atoms with Crippen LogP contribution in [0.25, 0.3) is 0 Å². The first-order valence-corrected chi connectivity index (χ1v) is 6.89. The number of benzene rings is 1. The number of carbonyl (C=O) groups is 1. The SMILES string of the molecule is CNC(=O)CN(Cc1cccc(C(F)(F)F)c1)CC(C)(C)N.Cl. The van der Waals surface area contributed by atoms with E-state index in [1.807, 2.05) is 0 Å². The van der Waals surface area contributed by atoms with Crippen molar-refractivity contribution in [1.82, 2.24) is 10.2 Å². The first-order valence-electron chi connectivity index (χ1n) is 6.89. The Balaban J connectivity index is 0.00000484. The van der Waals surface area contributed by atoms with Gasteiger partial charge in [0.15, 0.2) is 0 Å². The van der Waals surface area contributed by atoms with Gasteiger partial charge in [-0.15, -0.1) is 12.4 Å². The molecule has 0 aromatic heterocycles. The molecule has 1 aromatic rings. The molecule has 0 spiro atoms. The lowest BCUT2D eigenvalue weighted by molar-refractivity contribution is -0.137. The molecule has 4 nitrogen and oxygen atoms in total. The quantitative estimate of drug-likeness (QED) is 0.825. The third-order valence-electron chi connectivity index (χ3n) is 2.94. The van der Waals surface area contributed by atoms with Crippen molar-refractivity contribution in [2.75, 3.05) is 20.1 Å². The molecule has 23 heavy (non-hydrogen) atoms. The number of hydrogen-bond acceptors (Lipinski definition) is 3. The zero-order valence-corrected chi connectivity index (χ0v) is 14.2. The van der Waals surface area contributed by atoms with Gasteiger partial charge in [-0.05, 0) is 25.5 Å². The van der Waals surface area contributed by atoms with E-state index in [9.17, 15) is 18.0 Å². The first-order chi connectivity index (χ1) is 10.0. The molecular weight excluding hydrogens is 331 g/mol. The van der Waals surface area contributed by atoms with E-state index in [1.54, 1.807) is 24.8 Å². The molecule has 0 radical (unpaired) electrons. The molecule has 0 unspecified atom stereocenters. The van der Waals surface area contributed by atoms with E-state index in [-0.39, 0.29) is 31.4 Å². The van der Waals surface area contributed by atoms with Crippen molar-refractivity contribution >= 4 is 18.3 Å². The number of alkyl halides is 3. The molecule has 1 amide bonds. The van der Waals surface area contributed by atoms with Crippen LogP contribution in [0.4, 0.5) is 13.2 Å². The van der Waals surface area contributed by atoms with Gasteiger partial charge >= 0.3 is 6.18 Å². The molecule has 1 aromatic carbocycles. The maximum absolute atomic E-state index is 12.7. The van der Waals surface area contributed by atoms with E-state index in [2.05, 4.69) is 5.32 Å². The second kappa shape index (κ2) is 8.52. The Morgan fingerprint density at radius 2 is 1.91 bits per heavy atom. The van der Waals surface area contributed by atoms with Gasteiger partial charge in [-0.2, -0.15) is 13.2 Å². The largest absolute Gasteiger partial charge is 0.416 e. The van der Waals surface area contributed by atoms with Crippen LogP contribution in [-0.4, -0.2) is 36.5 Å². The van der Waals surface area contributed by atoms with Crippen LogP contribution in [-0.2, 0) is 17.5 Å². The molecule has 0 heterocycles. The van der Waals surface area contributed by atoms with Gasteiger partial charge in [-0.1, -0.05) is 18.2 Å². The summed E-state index contributed by atoms with van der Waals surface area (Å²) in [5, 5.41) is 2.50. The van der Waals surface area contributed by atoms with E-state index in [1.165, 1.54) is 13.1 Å². The predicted octanol–water partition coefficient (Wildman–Crippen LogP) is 2.41. The van der Waals surface area contributed by atoms with Crippen molar-refractivity contribution in [3.05, 3.63) is 35.4 Å². The average Bonchev–Trinajstić information content (AvgIpc) is 2.35. The van der Waals surface area contributed by atoms with Crippen LogP contribution in [0.15, 0.2) is 24.3 Å². The highest BCUT2D eigenvalue weighted by molar-refractivity contribution is 5.85. The van der Waals surface area contributed by atoms with E-state index in [0.29, 0.717) is 12.1 Å². The molecular formula is C15H23ClF3N3O. The molecule has 0 atom stereocenters. The molecule has 3 N–H and O–H groups in total. The van der Waals surface area contributed by atoms with Crippen molar-refractivity contribution in [2.24, 2.45) is 5.73 Å². The molecule has 0 bridgehead atoms. The summed E-state index contributed by atoms with van der Waals surface area (Å²) in [6, 6.07) is 5.10. The van der Waals surface area contributed by atoms with Crippen molar-refractivity contribution < 1.29 is 18.0 Å². The maximum Gasteiger partial charge on any atom is 0.416 e. The number of halogens is 4. The monoisotopic (exact) mass is 353 g/mol. The number of nitrogens with two attached hydrogens (primary N) is 1. The second-order valence-corrected chi connectivity index (χ2v) is 6.01. The van der Waals surface area contributed by atoms with Gasteiger partial charge in [0, 0.05) is 25.7 Å². The van der Waals surface area contributed by atoms with Crippen LogP contribution in [0.2, 0.25) is 0 Å². The van der Waals surface area contributed by atoms with Crippen LogP contribution in [0.5, 0.6) is 0 Å². The minimum Gasteiger partial charge on any atom is -0.358 e. The van der Waals surface area contributed by atoms with Crippen molar-refractivity contribution in [3.8, 4) is 0 Å². The normalized spacial score (nSPS) is 12.0. The number of nitrogens with one attached hydrogen (secondary N) is 1. The Labute approximate surface area is 140 Å². The minimum atomic E-state index is -4.38. The maximum atomic E-state index is 12.7. The van der Waals surface area contributed by atoms with E-state index in [0.717, 1.165) is 12.1 Å². The summed E-state index contributed by atoms with van der Waals surface area (Å²) in [5.41, 5.74) is 5.18. The standard InChI is InChI=1S/C15H22F3N3O.ClH/c1-14(2,19)10-21(9-13(22)20-3)8-11-5-4-6-12(7-11)15(16,17)18;/h4-7H,8-10,19H2,1-3H3,(H,20,22);1H. The smallest absolute Gasteiger partial charge is 0.358 e. The summed E-state index contributed by atoms with van der Waals surface area (Å²) >= 11 is 0. The van der Waals surface area contributed by atoms with Gasteiger partial charge in [-0.25, -0.2) is 0 Å². The van der Waals surface area contributed by atoms with Gasteiger partial charge in [0.05, 0.1) is 12.1 Å². The fourth-order valence-electron chi connectivity index (χ4n) is 2.13. The summed E-state index contributed by atoms with van der Waals surface area (Å²) in [6.45, 7) is 4.29. The van der Waals surface area contributed by atoms with Gasteiger partial charge in [0.1, 0.15) is 0 Å². The number of hydrogen-bond donors (Lipinski definition) is 2. The number of likely N-dealkylation sites (N-methyl/N-ethyl adjacent to an activating group) is 1. The molecule has 0 saturated carbocycles. The molecule has 8 heteroatoms. The lowest BCUT2D eigenvalue weighted by Gasteiger charge is -2.29. The molecule has 0 aliphatic rings. The molecule has 1 rings (SSSR count). The number of rotatable bonds is 6. The zero-order chi connectivity index (χ0) is 17.0. The highest BCUT2D eigenvalue weighted by atomic mass is 35.5. The van der Waals surface area contributed by atoms with Crippen LogP contribution in [0, 0.1) is 0 Å². The van der Waals surface area contributed by atoms with Crippen LogP contribution < -0.4 is 11.1 Å². The summed E-state index contributed by atoms with van der Waals surface area (Å²) in [7, 11) is 1.51. The third kappa shape index (κ3) is 8.20. The highest BCUT2D eigenvalue weighted by Gasteiger charge is 2.30. The zero-order valence-electron chi connectivity index (χ0n) is 13.4.